The molecule has 0 unspecified atom stereocenters. The summed E-state index contributed by atoms with van der Waals surface area (Å²) in [6, 6.07) is 5.41. The molecule has 0 aromatic carbocycles. The Morgan fingerprint density at radius 2 is 1.92 bits per heavy atom. The van der Waals surface area contributed by atoms with Crippen LogP contribution in [0.25, 0.3) is 11.1 Å². The molecule has 0 radical (unpaired) electrons. The molecule has 3 fully saturated rings. The Balaban J connectivity index is 1.63. The fourth-order valence-electron chi connectivity index (χ4n) is 3.79. The van der Waals surface area contributed by atoms with E-state index < -0.39 is 0 Å². The van der Waals surface area contributed by atoms with Crippen LogP contribution in [0, 0.1) is 5.92 Å². The first kappa shape index (κ1) is 16.5. The predicted octanol–water partition coefficient (Wildman–Crippen LogP) is 2.43. The lowest BCUT2D eigenvalue weighted by molar-refractivity contribution is -0.114. The number of amides is 2. The molecule has 26 heavy (non-hydrogen) atoms. The zero-order valence-corrected chi connectivity index (χ0v) is 14.8. The first-order valence-corrected chi connectivity index (χ1v) is 8.72. The lowest BCUT2D eigenvalue weighted by atomic mass is 9.50. The van der Waals surface area contributed by atoms with Crippen molar-refractivity contribution in [2.75, 3.05) is 17.7 Å². The highest BCUT2D eigenvalue weighted by atomic mass is 16.2. The van der Waals surface area contributed by atoms with Gasteiger partial charge < -0.3 is 16.0 Å². The molecule has 7 heteroatoms. The second kappa shape index (κ2) is 6.09. The van der Waals surface area contributed by atoms with E-state index in [1.807, 2.05) is 12.1 Å². The van der Waals surface area contributed by atoms with Gasteiger partial charge in [-0.15, -0.1) is 0 Å². The zero-order chi connectivity index (χ0) is 18.3. The maximum atomic E-state index is 12.8. The highest BCUT2D eigenvalue weighted by Gasteiger charge is 2.57. The SMILES string of the molecule is CNc1ncc(-c2ccnc(NC(C)=O)c2)cc1C(=O)NC12CC(C1)C2. The smallest absolute Gasteiger partial charge is 0.255 e. The van der Waals surface area contributed by atoms with Crippen molar-refractivity contribution in [3.8, 4) is 11.1 Å². The molecule has 3 saturated carbocycles. The Morgan fingerprint density at radius 1 is 1.15 bits per heavy atom. The molecule has 2 aromatic rings. The minimum Gasteiger partial charge on any atom is -0.372 e. The number of rotatable bonds is 5. The van der Waals surface area contributed by atoms with Crippen LogP contribution < -0.4 is 16.0 Å². The molecule has 0 saturated heterocycles. The minimum absolute atomic E-state index is 0.0119. The van der Waals surface area contributed by atoms with Crippen molar-refractivity contribution in [1.29, 1.82) is 0 Å². The van der Waals surface area contributed by atoms with E-state index in [4.69, 9.17) is 0 Å². The number of nitrogens with one attached hydrogen (secondary N) is 3. The van der Waals surface area contributed by atoms with Crippen LogP contribution in [0.15, 0.2) is 30.6 Å². The average Bonchev–Trinajstić information content (AvgIpc) is 2.56. The molecule has 3 aliphatic carbocycles. The van der Waals surface area contributed by atoms with Crippen LogP contribution in [0.5, 0.6) is 0 Å². The third-order valence-electron chi connectivity index (χ3n) is 5.18. The largest absolute Gasteiger partial charge is 0.372 e. The summed E-state index contributed by atoms with van der Waals surface area (Å²) in [4.78, 5) is 32.5. The average molecular weight is 351 g/mol. The van der Waals surface area contributed by atoms with E-state index in [1.54, 1.807) is 25.5 Å². The molecule has 2 heterocycles. The van der Waals surface area contributed by atoms with Crippen LogP contribution in [-0.4, -0.2) is 34.4 Å². The van der Waals surface area contributed by atoms with Gasteiger partial charge in [0, 0.05) is 37.5 Å². The van der Waals surface area contributed by atoms with Gasteiger partial charge in [0.1, 0.15) is 11.6 Å². The molecule has 0 aliphatic heterocycles. The van der Waals surface area contributed by atoms with Crippen LogP contribution in [0.1, 0.15) is 36.5 Å². The lowest BCUT2D eigenvalue weighted by Crippen LogP contribution is -2.68. The summed E-state index contributed by atoms with van der Waals surface area (Å²) in [5.74, 6) is 1.53. The van der Waals surface area contributed by atoms with Crippen LogP contribution in [0.2, 0.25) is 0 Å². The Hall–Kier alpha value is -2.96. The van der Waals surface area contributed by atoms with E-state index in [0.29, 0.717) is 17.2 Å². The van der Waals surface area contributed by atoms with Gasteiger partial charge in [0.05, 0.1) is 5.56 Å². The molecular weight excluding hydrogens is 330 g/mol. The fraction of sp³-hybridized carbons (Fsp3) is 0.368. The number of carbonyl (C=O) groups is 2. The van der Waals surface area contributed by atoms with Gasteiger partial charge in [-0.3, -0.25) is 9.59 Å². The second-order valence-corrected chi connectivity index (χ2v) is 7.19. The van der Waals surface area contributed by atoms with Crippen molar-refractivity contribution in [3.63, 3.8) is 0 Å². The normalized spacial score (nSPS) is 22.6. The molecule has 0 atom stereocenters. The molecule has 3 aliphatic rings. The van der Waals surface area contributed by atoms with E-state index in [1.165, 1.54) is 6.92 Å². The summed E-state index contributed by atoms with van der Waals surface area (Å²) < 4.78 is 0. The van der Waals surface area contributed by atoms with Crippen molar-refractivity contribution < 1.29 is 9.59 Å². The molecule has 5 rings (SSSR count). The lowest BCUT2D eigenvalue weighted by Gasteiger charge is -2.61. The standard InChI is InChI=1S/C19H21N5O2/c1-11(25)23-16-6-13(3-4-21-16)14-5-15(17(20-2)22-10-14)18(26)24-19-7-12(8-19)9-19/h3-6,10,12H,7-9H2,1-2H3,(H,20,22)(H,24,26)(H,21,23,25). The number of carbonyl (C=O) groups excluding carboxylic acids is 2. The van der Waals surface area contributed by atoms with Gasteiger partial charge >= 0.3 is 0 Å². The Morgan fingerprint density at radius 3 is 2.54 bits per heavy atom. The van der Waals surface area contributed by atoms with E-state index in [-0.39, 0.29) is 17.4 Å². The van der Waals surface area contributed by atoms with E-state index in [9.17, 15) is 9.59 Å². The maximum absolute atomic E-state index is 12.8. The Bertz CT molecular complexity index is 878. The summed E-state index contributed by atoms with van der Waals surface area (Å²) in [7, 11) is 1.75. The van der Waals surface area contributed by atoms with E-state index in [0.717, 1.165) is 36.3 Å². The van der Waals surface area contributed by atoms with Gasteiger partial charge in [0.25, 0.3) is 5.91 Å². The van der Waals surface area contributed by atoms with Crippen LogP contribution >= 0.6 is 0 Å². The van der Waals surface area contributed by atoms with Gasteiger partial charge in [-0.2, -0.15) is 0 Å². The molecule has 2 amide bonds. The molecule has 2 bridgehead atoms. The molecule has 2 aromatic heterocycles. The number of anilines is 2. The first-order chi connectivity index (χ1) is 12.5. The zero-order valence-electron chi connectivity index (χ0n) is 14.8. The third kappa shape index (κ3) is 2.89. The number of nitrogens with zero attached hydrogens (tertiary/aromatic N) is 2. The summed E-state index contributed by atoms with van der Waals surface area (Å²) in [5, 5.41) is 8.83. The summed E-state index contributed by atoms with van der Waals surface area (Å²) in [5.41, 5.74) is 2.16. The predicted molar refractivity (Wildman–Crippen MR) is 98.9 cm³/mol. The number of pyridine rings is 2. The van der Waals surface area contributed by atoms with Crippen LogP contribution in [0.4, 0.5) is 11.6 Å². The van der Waals surface area contributed by atoms with Crippen LogP contribution in [0.3, 0.4) is 0 Å². The molecule has 0 spiro atoms. The molecule has 134 valence electrons. The highest BCUT2D eigenvalue weighted by Crippen LogP contribution is 2.57. The van der Waals surface area contributed by atoms with Crippen molar-refractivity contribution in [1.82, 2.24) is 15.3 Å². The quantitative estimate of drug-likeness (QED) is 0.769. The van der Waals surface area contributed by atoms with Crippen molar-refractivity contribution >= 4 is 23.5 Å². The summed E-state index contributed by atoms with van der Waals surface area (Å²) in [6.45, 7) is 1.44. The van der Waals surface area contributed by atoms with E-state index in [2.05, 4.69) is 25.9 Å². The molecule has 7 nitrogen and oxygen atoms in total. The highest BCUT2D eigenvalue weighted by molar-refractivity contribution is 6.00. The van der Waals surface area contributed by atoms with E-state index >= 15 is 0 Å². The minimum atomic E-state index is -0.183. The van der Waals surface area contributed by atoms with Gasteiger partial charge in [0.15, 0.2) is 0 Å². The summed E-state index contributed by atoms with van der Waals surface area (Å²) >= 11 is 0. The number of hydrogen-bond acceptors (Lipinski definition) is 5. The monoisotopic (exact) mass is 351 g/mol. The van der Waals surface area contributed by atoms with Gasteiger partial charge in [0.2, 0.25) is 5.91 Å². The fourth-order valence-corrected chi connectivity index (χ4v) is 3.79. The number of aromatic nitrogens is 2. The molecule has 3 N–H and O–H groups in total. The second-order valence-electron chi connectivity index (χ2n) is 7.19. The van der Waals surface area contributed by atoms with Gasteiger partial charge in [-0.1, -0.05) is 0 Å². The van der Waals surface area contributed by atoms with Crippen molar-refractivity contribution in [3.05, 3.63) is 36.2 Å². The van der Waals surface area contributed by atoms with Crippen LogP contribution in [-0.2, 0) is 4.79 Å². The Labute approximate surface area is 151 Å². The van der Waals surface area contributed by atoms with Gasteiger partial charge in [-0.25, -0.2) is 9.97 Å². The topological polar surface area (TPSA) is 96.0 Å². The van der Waals surface area contributed by atoms with Crippen molar-refractivity contribution in [2.45, 2.75) is 31.7 Å². The number of hydrogen-bond donors (Lipinski definition) is 3. The Kier molecular flexibility index (Phi) is 3.86. The van der Waals surface area contributed by atoms with Crippen molar-refractivity contribution in [2.24, 2.45) is 5.92 Å². The third-order valence-corrected chi connectivity index (χ3v) is 5.18. The first-order valence-electron chi connectivity index (χ1n) is 8.72. The maximum Gasteiger partial charge on any atom is 0.255 e. The summed E-state index contributed by atoms with van der Waals surface area (Å²) in [6.07, 6.45) is 6.59. The molecular formula is C19H21N5O2. The van der Waals surface area contributed by atoms with Gasteiger partial charge in [-0.05, 0) is 48.9 Å².